The molecule has 2 aromatic heterocycles. The van der Waals surface area contributed by atoms with Crippen molar-refractivity contribution >= 4 is 34.8 Å². The summed E-state index contributed by atoms with van der Waals surface area (Å²) in [6, 6.07) is 11.1. The van der Waals surface area contributed by atoms with Gasteiger partial charge in [-0.05, 0) is 23.6 Å². The van der Waals surface area contributed by atoms with Crippen molar-refractivity contribution < 1.29 is 18.5 Å². The zero-order valence-corrected chi connectivity index (χ0v) is 14.9. The summed E-state index contributed by atoms with van der Waals surface area (Å²) in [5.74, 6) is -0.673. The first kappa shape index (κ1) is 17.2. The number of thiophene rings is 1. The Labute approximate surface area is 158 Å². The Morgan fingerprint density at radius 1 is 1.26 bits per heavy atom. The molecule has 0 unspecified atom stereocenters. The van der Waals surface area contributed by atoms with Crippen LogP contribution in [0.3, 0.4) is 0 Å². The van der Waals surface area contributed by atoms with Crippen LogP contribution in [0.5, 0.6) is 0 Å². The fourth-order valence-electron chi connectivity index (χ4n) is 2.85. The molecule has 138 valence electrons. The van der Waals surface area contributed by atoms with E-state index in [0.29, 0.717) is 18.8 Å². The van der Waals surface area contributed by atoms with Crippen LogP contribution in [0, 0.1) is 5.82 Å². The van der Waals surface area contributed by atoms with Crippen molar-refractivity contribution in [2.24, 2.45) is 0 Å². The van der Waals surface area contributed by atoms with Crippen LogP contribution in [0.2, 0.25) is 0 Å². The van der Waals surface area contributed by atoms with Gasteiger partial charge < -0.3 is 9.42 Å². The predicted octanol–water partition coefficient (Wildman–Crippen LogP) is 3.42. The first-order chi connectivity index (χ1) is 13.1. The molecule has 4 rings (SSSR count). The van der Waals surface area contributed by atoms with Crippen LogP contribution in [0.4, 0.5) is 20.8 Å². The van der Waals surface area contributed by atoms with E-state index in [1.165, 1.54) is 33.3 Å². The summed E-state index contributed by atoms with van der Waals surface area (Å²) >= 11 is 1.51. The minimum atomic E-state index is -0.472. The Bertz CT molecular complexity index is 973. The molecule has 1 aliphatic rings. The molecule has 1 N–H and O–H groups in total. The lowest BCUT2D eigenvalue weighted by atomic mass is 10.3. The molecule has 0 saturated carbocycles. The molecule has 1 aliphatic heterocycles. The van der Waals surface area contributed by atoms with Gasteiger partial charge >= 0.3 is 6.03 Å². The highest BCUT2D eigenvalue weighted by molar-refractivity contribution is 7.13. The van der Waals surface area contributed by atoms with Gasteiger partial charge in [-0.25, -0.2) is 9.18 Å². The molecule has 3 amide bonds. The third-order valence-corrected chi connectivity index (χ3v) is 5.01. The van der Waals surface area contributed by atoms with E-state index in [-0.39, 0.29) is 18.1 Å². The number of para-hydroxylation sites is 1. The van der Waals surface area contributed by atoms with Crippen molar-refractivity contribution in [1.82, 2.24) is 10.1 Å². The van der Waals surface area contributed by atoms with Gasteiger partial charge in [-0.3, -0.25) is 15.0 Å². The molecule has 0 atom stereocenters. The molecule has 9 heteroatoms. The molecule has 7 nitrogen and oxygen atoms in total. The van der Waals surface area contributed by atoms with Crippen molar-refractivity contribution in [2.75, 3.05) is 29.9 Å². The molecular weight excluding hydrogens is 371 g/mol. The van der Waals surface area contributed by atoms with Gasteiger partial charge in [0.2, 0.25) is 11.8 Å². The van der Waals surface area contributed by atoms with Gasteiger partial charge in [0.15, 0.2) is 0 Å². The molecule has 3 aromatic rings. The fraction of sp³-hybridized carbons (Fsp3) is 0.167. The second-order valence-corrected chi connectivity index (χ2v) is 6.86. The Hall–Kier alpha value is -3.20. The van der Waals surface area contributed by atoms with E-state index < -0.39 is 17.8 Å². The number of benzene rings is 1. The Kier molecular flexibility index (Phi) is 4.59. The molecule has 0 radical (unpaired) electrons. The normalized spacial score (nSPS) is 14.0. The highest BCUT2D eigenvalue weighted by atomic mass is 32.1. The molecule has 1 aromatic carbocycles. The lowest BCUT2D eigenvalue weighted by Crippen LogP contribution is -2.37. The highest BCUT2D eigenvalue weighted by Gasteiger charge is 2.32. The van der Waals surface area contributed by atoms with Crippen molar-refractivity contribution in [3.63, 3.8) is 0 Å². The van der Waals surface area contributed by atoms with Gasteiger partial charge in [-0.2, -0.15) is 0 Å². The van der Waals surface area contributed by atoms with Gasteiger partial charge in [0, 0.05) is 19.2 Å². The number of carbonyl (C=O) groups excluding carboxylic acids is 2. The van der Waals surface area contributed by atoms with E-state index >= 15 is 0 Å². The molecule has 27 heavy (non-hydrogen) atoms. The molecule has 1 saturated heterocycles. The molecule has 0 aliphatic carbocycles. The van der Waals surface area contributed by atoms with Gasteiger partial charge in [0.1, 0.15) is 18.1 Å². The zero-order chi connectivity index (χ0) is 18.8. The largest absolute Gasteiger partial charge is 0.338 e. The lowest BCUT2D eigenvalue weighted by molar-refractivity contribution is -0.116. The number of anilines is 2. The van der Waals surface area contributed by atoms with Gasteiger partial charge in [-0.1, -0.05) is 23.4 Å². The number of amides is 3. The average molecular weight is 386 g/mol. The summed E-state index contributed by atoms with van der Waals surface area (Å²) in [6.45, 7) is 0.494. The fourth-order valence-corrected chi connectivity index (χ4v) is 3.53. The minimum absolute atomic E-state index is 0.154. The molecular formula is C18H15FN4O3S. The van der Waals surface area contributed by atoms with Crippen molar-refractivity contribution in [3.8, 4) is 10.6 Å². The second kappa shape index (κ2) is 7.20. The van der Waals surface area contributed by atoms with E-state index in [0.717, 1.165) is 4.88 Å². The maximum atomic E-state index is 13.9. The molecule has 0 bridgehead atoms. The van der Waals surface area contributed by atoms with Crippen LogP contribution < -0.4 is 10.2 Å². The topological polar surface area (TPSA) is 78.7 Å². The lowest BCUT2D eigenvalue weighted by Gasteiger charge is -2.18. The van der Waals surface area contributed by atoms with E-state index in [2.05, 4.69) is 10.5 Å². The first-order valence-electron chi connectivity index (χ1n) is 8.23. The number of hydrogen-bond donors (Lipinski definition) is 1. The van der Waals surface area contributed by atoms with Crippen LogP contribution in [0.15, 0.2) is 52.4 Å². The second-order valence-electron chi connectivity index (χ2n) is 5.91. The maximum absolute atomic E-state index is 13.9. The van der Waals surface area contributed by atoms with E-state index in [4.69, 9.17) is 4.52 Å². The summed E-state index contributed by atoms with van der Waals surface area (Å²) in [4.78, 5) is 28.3. The minimum Gasteiger partial charge on any atom is -0.338 e. The van der Waals surface area contributed by atoms with Crippen LogP contribution in [-0.2, 0) is 4.79 Å². The van der Waals surface area contributed by atoms with Crippen LogP contribution in [-0.4, -0.2) is 41.6 Å². The summed E-state index contributed by atoms with van der Waals surface area (Å²) in [5.41, 5.74) is 0.838. The Morgan fingerprint density at radius 2 is 2.11 bits per heavy atom. The number of nitrogens with zero attached hydrogens (tertiary/aromatic N) is 3. The van der Waals surface area contributed by atoms with Crippen LogP contribution in [0.25, 0.3) is 10.6 Å². The van der Waals surface area contributed by atoms with E-state index in [1.807, 2.05) is 17.5 Å². The molecule has 0 spiro atoms. The number of hydrogen-bond acceptors (Lipinski definition) is 5. The third kappa shape index (κ3) is 3.54. The maximum Gasteiger partial charge on any atom is 0.325 e. The van der Waals surface area contributed by atoms with Crippen molar-refractivity contribution in [1.29, 1.82) is 0 Å². The third-order valence-electron chi connectivity index (χ3n) is 4.12. The number of urea groups is 1. The highest BCUT2D eigenvalue weighted by Crippen LogP contribution is 2.26. The molecule has 1 fully saturated rings. The summed E-state index contributed by atoms with van der Waals surface area (Å²) < 4.78 is 19.0. The summed E-state index contributed by atoms with van der Waals surface area (Å²) in [7, 11) is 0. The number of nitrogens with one attached hydrogen (secondary N) is 1. The monoisotopic (exact) mass is 386 g/mol. The average Bonchev–Trinajstić information content (AvgIpc) is 3.38. The number of carbonyl (C=O) groups is 2. The Morgan fingerprint density at radius 3 is 2.89 bits per heavy atom. The van der Waals surface area contributed by atoms with Crippen molar-refractivity contribution in [3.05, 3.63) is 53.7 Å². The SMILES string of the molecule is O=C(CN1CCN(c2ccccc2F)C1=O)Nc1cc(-c2cccs2)no1. The van der Waals surface area contributed by atoms with Gasteiger partial charge in [0.05, 0.1) is 10.6 Å². The Balaban J connectivity index is 1.38. The number of aromatic nitrogens is 1. The summed E-state index contributed by atoms with van der Waals surface area (Å²) in [5, 5.41) is 8.42. The van der Waals surface area contributed by atoms with Crippen LogP contribution in [0.1, 0.15) is 0 Å². The zero-order valence-electron chi connectivity index (χ0n) is 14.1. The number of rotatable bonds is 5. The van der Waals surface area contributed by atoms with E-state index in [1.54, 1.807) is 18.2 Å². The quantitative estimate of drug-likeness (QED) is 0.729. The first-order valence-corrected chi connectivity index (χ1v) is 9.11. The van der Waals surface area contributed by atoms with E-state index in [9.17, 15) is 14.0 Å². The van der Waals surface area contributed by atoms with Crippen LogP contribution >= 0.6 is 11.3 Å². The standard InChI is InChI=1S/C18H15FN4O3S/c19-12-4-1-2-5-14(12)23-8-7-22(18(23)25)11-16(24)20-17-10-13(21-26-17)15-6-3-9-27-15/h1-6,9-10H,7-8,11H2,(H,20,24). The summed E-state index contributed by atoms with van der Waals surface area (Å²) in [6.07, 6.45) is 0. The van der Waals surface area contributed by atoms with Gasteiger partial charge in [-0.15, -0.1) is 11.3 Å². The smallest absolute Gasteiger partial charge is 0.325 e. The number of halogens is 1. The van der Waals surface area contributed by atoms with Gasteiger partial charge in [0.25, 0.3) is 0 Å². The predicted molar refractivity (Wildman–Crippen MR) is 99.2 cm³/mol. The molecule has 3 heterocycles. The van der Waals surface area contributed by atoms with Crippen molar-refractivity contribution in [2.45, 2.75) is 0 Å².